The predicted octanol–water partition coefficient (Wildman–Crippen LogP) is 4.50. The zero-order valence-electron chi connectivity index (χ0n) is 13.8. The van der Waals surface area contributed by atoms with E-state index >= 15 is 0 Å². The van der Waals surface area contributed by atoms with Crippen LogP contribution in [-0.4, -0.2) is 29.4 Å². The van der Waals surface area contributed by atoms with E-state index in [0.29, 0.717) is 22.9 Å². The van der Waals surface area contributed by atoms with Crippen molar-refractivity contribution in [3.63, 3.8) is 0 Å². The van der Waals surface area contributed by atoms with Crippen molar-refractivity contribution in [3.8, 4) is 5.75 Å². The molecule has 25 heavy (non-hydrogen) atoms. The largest absolute Gasteiger partial charge is 0.497 e. The van der Waals surface area contributed by atoms with Gasteiger partial charge in [0.15, 0.2) is 0 Å². The number of hydrogen-bond donors (Lipinski definition) is 1. The summed E-state index contributed by atoms with van der Waals surface area (Å²) in [6, 6.07) is 13.1. The number of amides is 1. The first-order valence-electron chi connectivity index (χ1n) is 8.09. The molecule has 1 aliphatic rings. The van der Waals surface area contributed by atoms with Crippen molar-refractivity contribution in [1.82, 2.24) is 9.88 Å². The van der Waals surface area contributed by atoms with Gasteiger partial charge in [-0.05, 0) is 54.5 Å². The molecule has 0 radical (unpaired) electrons. The number of carbonyl (C=O) groups is 1. The van der Waals surface area contributed by atoms with Crippen LogP contribution < -0.4 is 4.74 Å². The molecule has 4 nitrogen and oxygen atoms in total. The fraction of sp³-hybridized carbons (Fsp3) is 0.150. The van der Waals surface area contributed by atoms with Crippen LogP contribution in [0.3, 0.4) is 0 Å². The van der Waals surface area contributed by atoms with E-state index in [4.69, 9.17) is 16.3 Å². The van der Waals surface area contributed by atoms with Crippen molar-refractivity contribution >= 4 is 34.5 Å². The van der Waals surface area contributed by atoms with Crippen LogP contribution in [0, 0.1) is 0 Å². The molecule has 1 amide bonds. The summed E-state index contributed by atoms with van der Waals surface area (Å²) in [7, 11) is 1.60. The van der Waals surface area contributed by atoms with Crippen LogP contribution in [0.15, 0.2) is 48.7 Å². The number of methoxy groups -OCH3 is 1. The van der Waals surface area contributed by atoms with E-state index in [1.165, 1.54) is 5.56 Å². The minimum absolute atomic E-state index is 0.0392. The molecule has 1 aliphatic heterocycles. The lowest BCUT2D eigenvalue weighted by Gasteiger charge is -2.17. The van der Waals surface area contributed by atoms with Crippen LogP contribution in [0.2, 0.25) is 5.02 Å². The van der Waals surface area contributed by atoms with Crippen LogP contribution in [-0.2, 0) is 6.42 Å². The lowest BCUT2D eigenvalue weighted by atomic mass is 10.1. The van der Waals surface area contributed by atoms with Gasteiger partial charge >= 0.3 is 0 Å². The summed E-state index contributed by atoms with van der Waals surface area (Å²) in [5.74, 6) is 0.637. The van der Waals surface area contributed by atoms with E-state index in [1.54, 1.807) is 24.1 Å². The van der Waals surface area contributed by atoms with Gasteiger partial charge in [-0.15, -0.1) is 0 Å². The number of carbonyl (C=O) groups excluding carboxylic acids is 1. The number of fused-ring (bicyclic) bond motifs is 3. The van der Waals surface area contributed by atoms with E-state index in [9.17, 15) is 4.79 Å². The number of aromatic nitrogens is 1. The lowest BCUT2D eigenvalue weighted by molar-refractivity contribution is 0.0825. The van der Waals surface area contributed by atoms with Crippen molar-refractivity contribution in [2.24, 2.45) is 0 Å². The molecule has 1 N–H and O–H groups in total. The van der Waals surface area contributed by atoms with Crippen molar-refractivity contribution in [1.29, 1.82) is 0 Å². The van der Waals surface area contributed by atoms with Gasteiger partial charge in [0.05, 0.1) is 7.11 Å². The molecule has 5 heteroatoms. The highest BCUT2D eigenvalue weighted by Crippen LogP contribution is 2.29. The molecule has 0 fully saturated rings. The summed E-state index contributed by atoms with van der Waals surface area (Å²) >= 11 is 6.14. The summed E-state index contributed by atoms with van der Waals surface area (Å²) < 4.78 is 5.21. The maximum atomic E-state index is 12.8. The van der Waals surface area contributed by atoms with E-state index < -0.39 is 0 Å². The quantitative estimate of drug-likeness (QED) is 0.738. The summed E-state index contributed by atoms with van der Waals surface area (Å²) in [5.41, 5.74) is 3.89. The van der Waals surface area contributed by atoms with Crippen molar-refractivity contribution in [3.05, 3.63) is 70.5 Å². The van der Waals surface area contributed by atoms with Crippen molar-refractivity contribution < 1.29 is 9.53 Å². The average molecular weight is 353 g/mol. The summed E-state index contributed by atoms with van der Waals surface area (Å²) in [6.07, 6.45) is 4.55. The topological polar surface area (TPSA) is 45.3 Å². The highest BCUT2D eigenvalue weighted by molar-refractivity contribution is 6.31. The molecule has 0 saturated carbocycles. The molecule has 2 heterocycles. The minimum atomic E-state index is -0.0392. The Morgan fingerprint density at radius 1 is 1.24 bits per heavy atom. The van der Waals surface area contributed by atoms with E-state index in [-0.39, 0.29) is 5.91 Å². The molecule has 0 unspecified atom stereocenters. The third-order valence-corrected chi connectivity index (χ3v) is 4.74. The van der Waals surface area contributed by atoms with Gasteiger partial charge in [0.1, 0.15) is 5.75 Å². The number of nitrogens with one attached hydrogen (secondary N) is 1. The molecule has 2 aromatic carbocycles. The second-order valence-corrected chi connectivity index (χ2v) is 6.44. The number of halogens is 1. The zero-order valence-corrected chi connectivity index (χ0v) is 14.5. The standard InChI is InChI=1S/C20H17ClN2O2/c1-25-15-4-2-3-13(11-15)20(24)23-9-7-16-17-12-14(21)5-6-18(17)22-19(16)8-10-23/h2-6,8,10-12,22H,7,9H2,1H3. The molecule has 4 rings (SSSR count). The number of aromatic amines is 1. The predicted molar refractivity (Wildman–Crippen MR) is 100 cm³/mol. The van der Waals surface area contributed by atoms with Gasteiger partial charge in [-0.3, -0.25) is 4.79 Å². The van der Waals surface area contributed by atoms with Crippen LogP contribution in [0.25, 0.3) is 17.0 Å². The van der Waals surface area contributed by atoms with Gasteiger partial charge in [-0.25, -0.2) is 0 Å². The Hall–Kier alpha value is -2.72. The number of rotatable bonds is 2. The molecule has 0 aliphatic carbocycles. The maximum Gasteiger partial charge on any atom is 0.257 e. The van der Waals surface area contributed by atoms with Gasteiger partial charge in [-0.1, -0.05) is 17.7 Å². The Morgan fingerprint density at radius 2 is 2.12 bits per heavy atom. The molecule has 126 valence electrons. The summed E-state index contributed by atoms with van der Waals surface area (Å²) in [5, 5.41) is 1.83. The molecular formula is C20H17ClN2O2. The maximum absolute atomic E-state index is 12.8. The Kier molecular flexibility index (Phi) is 3.98. The molecular weight excluding hydrogens is 336 g/mol. The lowest BCUT2D eigenvalue weighted by Crippen LogP contribution is -2.27. The fourth-order valence-corrected chi connectivity index (χ4v) is 3.39. The second kappa shape index (κ2) is 6.30. The number of ether oxygens (including phenoxy) is 1. The monoisotopic (exact) mass is 352 g/mol. The van der Waals surface area contributed by atoms with Crippen LogP contribution in [0.5, 0.6) is 5.75 Å². The summed E-state index contributed by atoms with van der Waals surface area (Å²) in [6.45, 7) is 0.610. The number of benzene rings is 2. The Bertz CT molecular complexity index is 991. The van der Waals surface area contributed by atoms with Crippen LogP contribution >= 0.6 is 11.6 Å². The van der Waals surface area contributed by atoms with Crippen LogP contribution in [0.4, 0.5) is 0 Å². The van der Waals surface area contributed by atoms with Gasteiger partial charge in [0.25, 0.3) is 5.91 Å². The van der Waals surface area contributed by atoms with Gasteiger partial charge in [-0.2, -0.15) is 0 Å². The first kappa shape index (κ1) is 15.8. The number of nitrogens with zero attached hydrogens (tertiary/aromatic N) is 1. The molecule has 0 saturated heterocycles. The first-order chi connectivity index (χ1) is 12.2. The van der Waals surface area contributed by atoms with Gasteiger partial charge in [0.2, 0.25) is 0 Å². The first-order valence-corrected chi connectivity index (χ1v) is 8.47. The Morgan fingerprint density at radius 3 is 2.96 bits per heavy atom. The van der Waals surface area contributed by atoms with Gasteiger partial charge < -0.3 is 14.6 Å². The van der Waals surface area contributed by atoms with Crippen molar-refractivity contribution in [2.75, 3.05) is 13.7 Å². The second-order valence-electron chi connectivity index (χ2n) is 6.00. The highest BCUT2D eigenvalue weighted by atomic mass is 35.5. The molecule has 0 atom stereocenters. The normalized spacial score (nSPS) is 13.6. The van der Waals surface area contributed by atoms with E-state index in [1.807, 2.05) is 42.6 Å². The highest BCUT2D eigenvalue weighted by Gasteiger charge is 2.19. The fourth-order valence-electron chi connectivity index (χ4n) is 3.21. The molecule has 0 spiro atoms. The SMILES string of the molecule is COc1cccc(C(=O)N2C=Cc3[nH]c4ccc(Cl)cc4c3CC2)c1. The number of hydrogen-bond acceptors (Lipinski definition) is 2. The number of H-pyrrole nitrogens is 1. The van der Waals surface area contributed by atoms with Crippen LogP contribution in [0.1, 0.15) is 21.6 Å². The smallest absolute Gasteiger partial charge is 0.257 e. The Balaban J connectivity index is 1.64. The van der Waals surface area contributed by atoms with Crippen molar-refractivity contribution in [2.45, 2.75) is 6.42 Å². The third kappa shape index (κ3) is 2.89. The molecule has 3 aromatic rings. The van der Waals surface area contributed by atoms with E-state index in [2.05, 4.69) is 4.98 Å². The molecule has 1 aromatic heterocycles. The third-order valence-electron chi connectivity index (χ3n) is 4.50. The van der Waals surface area contributed by atoms with E-state index in [0.717, 1.165) is 23.0 Å². The summed E-state index contributed by atoms with van der Waals surface area (Å²) in [4.78, 5) is 17.9. The Labute approximate surface area is 150 Å². The minimum Gasteiger partial charge on any atom is -0.497 e. The zero-order chi connectivity index (χ0) is 17.4. The van der Waals surface area contributed by atoms with Gasteiger partial charge in [0, 0.05) is 39.9 Å². The average Bonchev–Trinajstić information content (AvgIpc) is 2.84. The molecule has 0 bridgehead atoms.